The molecule has 1 heterocycles. The van der Waals surface area contributed by atoms with Gasteiger partial charge in [0.05, 0.1) is 17.9 Å². The minimum absolute atomic E-state index is 0.521. The van der Waals surface area contributed by atoms with E-state index in [4.69, 9.17) is 11.6 Å². The molecule has 25 heavy (non-hydrogen) atoms. The van der Waals surface area contributed by atoms with Crippen molar-refractivity contribution in [3.63, 3.8) is 0 Å². The van der Waals surface area contributed by atoms with Gasteiger partial charge in [-0.25, -0.2) is 9.97 Å². The molecule has 0 aliphatic carbocycles. The first kappa shape index (κ1) is 17.2. The Hall–Kier alpha value is -2.67. The fourth-order valence-electron chi connectivity index (χ4n) is 2.31. The zero-order valence-electron chi connectivity index (χ0n) is 14.2. The molecule has 0 spiro atoms. The van der Waals surface area contributed by atoms with E-state index in [1.165, 1.54) is 0 Å². The predicted molar refractivity (Wildman–Crippen MR) is 103 cm³/mol. The van der Waals surface area contributed by atoms with Gasteiger partial charge in [-0.3, -0.25) is 4.90 Å². The van der Waals surface area contributed by atoms with E-state index in [1.807, 2.05) is 79.7 Å². The number of benzene rings is 2. The highest BCUT2D eigenvalue weighted by atomic mass is 35.5. The SMILES string of the molecule is CN(C)CC#Cc1nc(-c2ccccc2)cc(-c2ccc(Cl)cc2)n1. The van der Waals surface area contributed by atoms with Crippen molar-refractivity contribution in [2.75, 3.05) is 20.6 Å². The highest BCUT2D eigenvalue weighted by Gasteiger charge is 2.07. The lowest BCUT2D eigenvalue weighted by Gasteiger charge is -2.07. The number of rotatable bonds is 3. The molecular weight excluding hydrogens is 330 g/mol. The van der Waals surface area contributed by atoms with E-state index in [-0.39, 0.29) is 0 Å². The first-order chi connectivity index (χ1) is 12.1. The van der Waals surface area contributed by atoms with Crippen molar-refractivity contribution in [1.82, 2.24) is 14.9 Å². The maximum Gasteiger partial charge on any atom is 0.206 e. The molecule has 3 rings (SSSR count). The second-order valence-corrected chi connectivity index (χ2v) is 6.31. The van der Waals surface area contributed by atoms with Gasteiger partial charge in [0.25, 0.3) is 0 Å². The van der Waals surface area contributed by atoms with Gasteiger partial charge in [-0.15, -0.1) is 0 Å². The third-order valence-corrected chi connectivity index (χ3v) is 3.78. The van der Waals surface area contributed by atoms with E-state index in [0.29, 0.717) is 17.4 Å². The van der Waals surface area contributed by atoms with Gasteiger partial charge in [-0.05, 0) is 38.2 Å². The largest absolute Gasteiger partial charge is 0.299 e. The lowest BCUT2D eigenvalue weighted by molar-refractivity contribution is 0.464. The highest BCUT2D eigenvalue weighted by Crippen LogP contribution is 2.24. The van der Waals surface area contributed by atoms with Crippen molar-refractivity contribution in [1.29, 1.82) is 0 Å². The van der Waals surface area contributed by atoms with Crippen molar-refractivity contribution < 1.29 is 0 Å². The van der Waals surface area contributed by atoms with Crippen molar-refractivity contribution in [3.05, 3.63) is 71.5 Å². The molecule has 0 saturated heterocycles. The maximum atomic E-state index is 6.00. The number of aromatic nitrogens is 2. The number of hydrogen-bond acceptors (Lipinski definition) is 3. The van der Waals surface area contributed by atoms with Crippen molar-refractivity contribution in [2.24, 2.45) is 0 Å². The van der Waals surface area contributed by atoms with Crippen molar-refractivity contribution >= 4 is 11.6 Å². The summed E-state index contributed by atoms with van der Waals surface area (Å²) in [4.78, 5) is 11.2. The van der Waals surface area contributed by atoms with Crippen LogP contribution in [0.5, 0.6) is 0 Å². The van der Waals surface area contributed by atoms with E-state index in [0.717, 1.165) is 22.5 Å². The van der Waals surface area contributed by atoms with Crippen molar-refractivity contribution in [2.45, 2.75) is 0 Å². The molecule has 0 amide bonds. The van der Waals surface area contributed by atoms with Crippen LogP contribution in [0.3, 0.4) is 0 Å². The fourth-order valence-corrected chi connectivity index (χ4v) is 2.43. The van der Waals surface area contributed by atoms with Crippen LogP contribution in [0.4, 0.5) is 0 Å². The van der Waals surface area contributed by atoms with E-state index < -0.39 is 0 Å². The summed E-state index contributed by atoms with van der Waals surface area (Å²) in [5, 5.41) is 0.701. The molecule has 3 aromatic rings. The molecule has 124 valence electrons. The van der Waals surface area contributed by atoms with Crippen LogP contribution in [0.2, 0.25) is 5.02 Å². The number of hydrogen-bond donors (Lipinski definition) is 0. The number of halogens is 1. The average molecular weight is 348 g/mol. The van der Waals surface area contributed by atoms with Gasteiger partial charge in [0.15, 0.2) is 0 Å². The molecule has 0 bridgehead atoms. The van der Waals surface area contributed by atoms with Crippen LogP contribution < -0.4 is 0 Å². The van der Waals surface area contributed by atoms with Crippen LogP contribution in [-0.2, 0) is 0 Å². The summed E-state index contributed by atoms with van der Waals surface area (Å²) in [5.74, 6) is 6.69. The van der Waals surface area contributed by atoms with Gasteiger partial charge in [-0.1, -0.05) is 60.0 Å². The molecule has 0 N–H and O–H groups in total. The minimum atomic E-state index is 0.521. The Morgan fingerprint density at radius 3 is 2.08 bits per heavy atom. The summed E-state index contributed by atoms with van der Waals surface area (Å²) in [7, 11) is 3.96. The zero-order valence-corrected chi connectivity index (χ0v) is 15.0. The van der Waals surface area contributed by atoms with Crippen molar-refractivity contribution in [3.8, 4) is 34.4 Å². The first-order valence-corrected chi connectivity index (χ1v) is 8.33. The summed E-state index contributed by atoms with van der Waals surface area (Å²) in [5.41, 5.74) is 3.71. The summed E-state index contributed by atoms with van der Waals surface area (Å²) in [6, 6.07) is 19.7. The summed E-state index contributed by atoms with van der Waals surface area (Å²) >= 11 is 6.00. The molecule has 0 saturated carbocycles. The van der Waals surface area contributed by atoms with Crippen LogP contribution in [0, 0.1) is 11.8 Å². The van der Waals surface area contributed by atoms with Gasteiger partial charge in [0.2, 0.25) is 5.82 Å². The average Bonchev–Trinajstić information content (AvgIpc) is 2.62. The molecule has 0 unspecified atom stereocenters. The van der Waals surface area contributed by atoms with Crippen LogP contribution >= 0.6 is 11.6 Å². The predicted octanol–water partition coefficient (Wildman–Crippen LogP) is 4.38. The molecule has 2 aromatic carbocycles. The Kier molecular flexibility index (Phi) is 5.45. The normalized spacial score (nSPS) is 10.4. The Labute approximate surface area is 153 Å². The lowest BCUT2D eigenvalue weighted by Crippen LogP contribution is -2.10. The monoisotopic (exact) mass is 347 g/mol. The zero-order chi connectivity index (χ0) is 17.6. The van der Waals surface area contributed by atoms with Gasteiger partial charge >= 0.3 is 0 Å². The van der Waals surface area contributed by atoms with E-state index >= 15 is 0 Å². The summed E-state index contributed by atoms with van der Waals surface area (Å²) in [6.07, 6.45) is 0. The smallest absolute Gasteiger partial charge is 0.206 e. The van der Waals surface area contributed by atoms with Gasteiger partial charge in [-0.2, -0.15) is 0 Å². The lowest BCUT2D eigenvalue weighted by atomic mass is 10.1. The Balaban J connectivity index is 2.07. The molecule has 0 aliphatic rings. The molecule has 0 radical (unpaired) electrons. The molecule has 1 aromatic heterocycles. The molecule has 0 atom stereocenters. The molecule has 3 nitrogen and oxygen atoms in total. The topological polar surface area (TPSA) is 29.0 Å². The van der Waals surface area contributed by atoms with E-state index in [2.05, 4.69) is 21.8 Å². The van der Waals surface area contributed by atoms with Gasteiger partial charge in [0.1, 0.15) is 0 Å². The minimum Gasteiger partial charge on any atom is -0.299 e. The van der Waals surface area contributed by atoms with Crippen LogP contribution in [0.25, 0.3) is 22.5 Å². The van der Waals surface area contributed by atoms with E-state index in [1.54, 1.807) is 0 Å². The summed E-state index contributed by atoms with van der Waals surface area (Å²) < 4.78 is 0. The second kappa shape index (κ2) is 7.94. The van der Waals surface area contributed by atoms with Gasteiger partial charge < -0.3 is 0 Å². The van der Waals surface area contributed by atoms with Crippen LogP contribution in [0.1, 0.15) is 5.82 Å². The second-order valence-electron chi connectivity index (χ2n) is 5.87. The first-order valence-electron chi connectivity index (χ1n) is 7.96. The molecular formula is C21H18ClN3. The molecule has 4 heteroatoms. The Morgan fingerprint density at radius 1 is 0.880 bits per heavy atom. The number of nitrogens with zero attached hydrogens (tertiary/aromatic N) is 3. The third kappa shape index (κ3) is 4.67. The highest BCUT2D eigenvalue weighted by molar-refractivity contribution is 6.30. The standard InChI is InChI=1S/C21H18ClN3/c1-25(2)14-6-9-21-23-19(16-7-4-3-5-8-16)15-20(24-21)17-10-12-18(22)13-11-17/h3-5,7-8,10-13,15H,14H2,1-2H3. The fraction of sp³-hybridized carbons (Fsp3) is 0.143. The van der Waals surface area contributed by atoms with E-state index in [9.17, 15) is 0 Å². The Morgan fingerprint density at radius 2 is 1.48 bits per heavy atom. The van der Waals surface area contributed by atoms with Crippen LogP contribution in [-0.4, -0.2) is 35.5 Å². The summed E-state index contributed by atoms with van der Waals surface area (Å²) in [6.45, 7) is 0.662. The Bertz CT molecular complexity index is 907. The quantitative estimate of drug-likeness (QED) is 0.658. The third-order valence-electron chi connectivity index (χ3n) is 3.53. The molecule has 0 fully saturated rings. The maximum absolute atomic E-state index is 6.00. The molecule has 0 aliphatic heterocycles. The van der Waals surface area contributed by atoms with Gasteiger partial charge in [0, 0.05) is 16.1 Å². The van der Waals surface area contributed by atoms with Crippen LogP contribution in [0.15, 0.2) is 60.7 Å².